The Kier molecular flexibility index (Phi) is 3.55. The maximum atomic E-state index is 5.66. The molecule has 2 aromatic heterocycles. The first-order valence-corrected chi connectivity index (χ1v) is 7.12. The van der Waals surface area contributed by atoms with E-state index in [1.54, 1.807) is 11.3 Å². The van der Waals surface area contributed by atoms with Crippen molar-refractivity contribution in [3.63, 3.8) is 0 Å². The van der Waals surface area contributed by atoms with Gasteiger partial charge in [-0.3, -0.25) is 0 Å². The number of aryl methyl sites for hydroxylation is 2. The molecule has 0 aliphatic carbocycles. The van der Waals surface area contributed by atoms with Crippen LogP contribution >= 0.6 is 27.3 Å². The second-order valence-electron chi connectivity index (χ2n) is 4.00. The Morgan fingerprint density at radius 2 is 2.06 bits per heavy atom. The van der Waals surface area contributed by atoms with E-state index in [-0.39, 0.29) is 0 Å². The summed E-state index contributed by atoms with van der Waals surface area (Å²) in [5, 5.41) is 2.12. The SMILES string of the molecule is Cc1oc(C)c(C(Br)Cc2cccs2)c1C. The number of halogens is 1. The van der Waals surface area contributed by atoms with Crippen molar-refractivity contribution in [2.75, 3.05) is 0 Å². The predicted molar refractivity (Wildman–Crippen MR) is 72.6 cm³/mol. The van der Waals surface area contributed by atoms with Crippen LogP contribution in [0.15, 0.2) is 21.9 Å². The summed E-state index contributed by atoms with van der Waals surface area (Å²) in [6.07, 6.45) is 1.03. The van der Waals surface area contributed by atoms with Crippen molar-refractivity contribution in [1.29, 1.82) is 0 Å². The van der Waals surface area contributed by atoms with Crippen LogP contribution in [-0.4, -0.2) is 0 Å². The number of alkyl halides is 1. The van der Waals surface area contributed by atoms with Crippen LogP contribution in [0.2, 0.25) is 0 Å². The van der Waals surface area contributed by atoms with Crippen LogP contribution in [0.4, 0.5) is 0 Å². The van der Waals surface area contributed by atoms with Gasteiger partial charge >= 0.3 is 0 Å². The zero-order valence-electron chi connectivity index (χ0n) is 9.71. The van der Waals surface area contributed by atoms with Gasteiger partial charge in [0.15, 0.2) is 0 Å². The van der Waals surface area contributed by atoms with Crippen LogP contribution in [0.25, 0.3) is 0 Å². The van der Waals surface area contributed by atoms with E-state index in [0.29, 0.717) is 4.83 Å². The van der Waals surface area contributed by atoms with Gasteiger partial charge in [-0.05, 0) is 44.2 Å². The first kappa shape index (κ1) is 11.9. The molecule has 0 N–H and O–H groups in total. The van der Waals surface area contributed by atoms with Crippen LogP contribution in [0.5, 0.6) is 0 Å². The fraction of sp³-hybridized carbons (Fsp3) is 0.385. The summed E-state index contributed by atoms with van der Waals surface area (Å²) in [4.78, 5) is 1.75. The molecule has 16 heavy (non-hydrogen) atoms. The van der Waals surface area contributed by atoms with Crippen molar-refractivity contribution in [3.8, 4) is 0 Å². The molecule has 1 atom stereocenters. The lowest BCUT2D eigenvalue weighted by Gasteiger charge is -2.08. The molecule has 2 aromatic rings. The number of furan rings is 1. The molecule has 0 aliphatic heterocycles. The third-order valence-corrected chi connectivity index (χ3v) is 4.57. The third-order valence-electron chi connectivity index (χ3n) is 2.89. The lowest BCUT2D eigenvalue weighted by atomic mass is 10.0. The molecule has 86 valence electrons. The smallest absolute Gasteiger partial charge is 0.105 e. The molecule has 2 rings (SSSR count). The molecule has 0 aromatic carbocycles. The van der Waals surface area contributed by atoms with E-state index in [1.165, 1.54) is 16.0 Å². The van der Waals surface area contributed by atoms with Gasteiger partial charge in [0.2, 0.25) is 0 Å². The highest BCUT2D eigenvalue weighted by Gasteiger charge is 2.19. The van der Waals surface area contributed by atoms with Crippen LogP contribution in [0.1, 0.15) is 32.4 Å². The van der Waals surface area contributed by atoms with Crippen LogP contribution in [-0.2, 0) is 6.42 Å². The molecule has 0 spiro atoms. The third kappa shape index (κ3) is 2.25. The minimum Gasteiger partial charge on any atom is -0.466 e. The van der Waals surface area contributed by atoms with Gasteiger partial charge in [-0.15, -0.1) is 11.3 Å². The van der Waals surface area contributed by atoms with Gasteiger partial charge in [0.05, 0.1) is 0 Å². The Hall–Kier alpha value is -0.540. The minimum atomic E-state index is 0.351. The zero-order chi connectivity index (χ0) is 11.7. The summed E-state index contributed by atoms with van der Waals surface area (Å²) >= 11 is 5.57. The Bertz CT molecular complexity index is 470. The molecule has 0 amide bonds. The van der Waals surface area contributed by atoms with Crippen LogP contribution in [0, 0.1) is 20.8 Å². The Morgan fingerprint density at radius 1 is 1.31 bits per heavy atom. The van der Waals surface area contributed by atoms with Crippen molar-refractivity contribution < 1.29 is 4.42 Å². The summed E-state index contributed by atoms with van der Waals surface area (Å²) in [7, 11) is 0. The highest BCUT2D eigenvalue weighted by molar-refractivity contribution is 9.09. The van der Waals surface area contributed by atoms with Gasteiger partial charge in [-0.2, -0.15) is 0 Å². The average molecular weight is 299 g/mol. The lowest BCUT2D eigenvalue weighted by Crippen LogP contribution is -1.96. The predicted octanol–water partition coefficient (Wildman–Crippen LogP) is 4.95. The summed E-state index contributed by atoms with van der Waals surface area (Å²) in [5.41, 5.74) is 2.59. The molecule has 0 fully saturated rings. The summed E-state index contributed by atoms with van der Waals surface area (Å²) in [6, 6.07) is 4.27. The largest absolute Gasteiger partial charge is 0.466 e. The van der Waals surface area contributed by atoms with Crippen LogP contribution in [0.3, 0.4) is 0 Å². The van der Waals surface area contributed by atoms with Crippen molar-refractivity contribution >= 4 is 27.3 Å². The van der Waals surface area contributed by atoms with Gasteiger partial charge in [0.25, 0.3) is 0 Å². The molecule has 0 aliphatic rings. The molecular formula is C13H15BrOS. The van der Waals surface area contributed by atoms with Crippen molar-refractivity contribution in [1.82, 2.24) is 0 Å². The van der Waals surface area contributed by atoms with E-state index >= 15 is 0 Å². The second kappa shape index (κ2) is 4.76. The highest BCUT2D eigenvalue weighted by Crippen LogP contribution is 2.35. The molecule has 0 saturated heterocycles. The highest BCUT2D eigenvalue weighted by atomic mass is 79.9. The maximum Gasteiger partial charge on any atom is 0.105 e. The molecule has 3 heteroatoms. The Morgan fingerprint density at radius 3 is 2.56 bits per heavy atom. The normalized spacial score (nSPS) is 13.0. The van der Waals surface area contributed by atoms with E-state index in [1.807, 2.05) is 13.8 Å². The Labute approximate surface area is 109 Å². The quantitative estimate of drug-likeness (QED) is 0.731. The van der Waals surface area contributed by atoms with Crippen molar-refractivity contribution in [2.45, 2.75) is 32.0 Å². The second-order valence-corrected chi connectivity index (χ2v) is 6.14. The summed E-state index contributed by atoms with van der Waals surface area (Å²) in [6.45, 7) is 6.19. The zero-order valence-corrected chi connectivity index (χ0v) is 12.1. The van der Waals surface area contributed by atoms with E-state index in [0.717, 1.165) is 17.9 Å². The molecule has 2 heterocycles. The van der Waals surface area contributed by atoms with Gasteiger partial charge in [-0.25, -0.2) is 0 Å². The summed E-state index contributed by atoms with van der Waals surface area (Å²) in [5.74, 6) is 2.07. The van der Waals surface area contributed by atoms with Gasteiger partial charge < -0.3 is 4.42 Å². The molecule has 0 radical (unpaired) electrons. The first-order chi connectivity index (χ1) is 7.59. The van der Waals surface area contributed by atoms with Gasteiger partial charge in [0.1, 0.15) is 11.5 Å². The van der Waals surface area contributed by atoms with E-state index in [9.17, 15) is 0 Å². The van der Waals surface area contributed by atoms with Gasteiger partial charge in [-0.1, -0.05) is 22.0 Å². The molecule has 0 saturated carbocycles. The number of hydrogen-bond acceptors (Lipinski definition) is 2. The van der Waals surface area contributed by atoms with Gasteiger partial charge in [0, 0.05) is 15.3 Å². The van der Waals surface area contributed by atoms with Crippen LogP contribution < -0.4 is 0 Å². The minimum absolute atomic E-state index is 0.351. The standard InChI is InChI=1S/C13H15BrOS/c1-8-9(2)15-10(3)13(8)12(14)7-11-5-4-6-16-11/h4-6,12H,7H2,1-3H3. The molecule has 0 bridgehead atoms. The van der Waals surface area contributed by atoms with E-state index < -0.39 is 0 Å². The number of thiophene rings is 1. The monoisotopic (exact) mass is 298 g/mol. The van der Waals surface area contributed by atoms with Crippen molar-refractivity contribution in [3.05, 3.63) is 45.0 Å². The molecular weight excluding hydrogens is 284 g/mol. The van der Waals surface area contributed by atoms with Crippen molar-refractivity contribution in [2.24, 2.45) is 0 Å². The lowest BCUT2D eigenvalue weighted by molar-refractivity contribution is 0.499. The fourth-order valence-corrected chi connectivity index (χ4v) is 3.96. The topological polar surface area (TPSA) is 13.1 Å². The number of rotatable bonds is 3. The first-order valence-electron chi connectivity index (χ1n) is 5.32. The summed E-state index contributed by atoms with van der Waals surface area (Å²) < 4.78 is 5.66. The molecule has 1 unspecified atom stereocenters. The van der Waals surface area contributed by atoms with E-state index in [2.05, 4.69) is 40.4 Å². The maximum absolute atomic E-state index is 5.66. The fourth-order valence-electron chi connectivity index (χ4n) is 1.98. The molecule has 1 nitrogen and oxygen atoms in total. The number of hydrogen-bond donors (Lipinski definition) is 0. The Balaban J connectivity index is 2.24. The van der Waals surface area contributed by atoms with E-state index in [4.69, 9.17) is 4.42 Å². The average Bonchev–Trinajstić information content (AvgIpc) is 2.77.